The summed E-state index contributed by atoms with van der Waals surface area (Å²) < 4.78 is 60.2. The average molecular weight is 508 g/mol. The van der Waals surface area contributed by atoms with Gasteiger partial charge in [-0.1, -0.05) is 24.6 Å². The Labute approximate surface area is 206 Å². The molecule has 0 aromatic heterocycles. The molecule has 0 amide bonds. The Balaban J connectivity index is 1.62. The van der Waals surface area contributed by atoms with Crippen molar-refractivity contribution in [2.45, 2.75) is 45.0 Å². The minimum absolute atomic E-state index is 0.0977. The van der Waals surface area contributed by atoms with E-state index in [1.165, 1.54) is 0 Å². The molecule has 0 saturated heterocycles. The second-order valence-corrected chi connectivity index (χ2v) is 9.20. The van der Waals surface area contributed by atoms with Gasteiger partial charge < -0.3 is 14.7 Å². The van der Waals surface area contributed by atoms with Crippen molar-refractivity contribution in [2.75, 3.05) is 11.4 Å². The highest BCUT2D eigenvalue weighted by molar-refractivity contribution is 6.31. The molecule has 0 bridgehead atoms. The minimum atomic E-state index is -4.58. The van der Waals surface area contributed by atoms with Crippen molar-refractivity contribution >= 4 is 17.3 Å². The first kappa shape index (κ1) is 25.3. The van der Waals surface area contributed by atoms with Crippen LogP contribution in [0.2, 0.25) is 5.02 Å². The smallest absolute Gasteiger partial charge is 0.416 e. The van der Waals surface area contributed by atoms with E-state index in [9.17, 15) is 22.7 Å². The molecular weight excluding hydrogens is 482 g/mol. The molecule has 1 aliphatic rings. The fourth-order valence-corrected chi connectivity index (χ4v) is 4.21. The van der Waals surface area contributed by atoms with Crippen molar-refractivity contribution in [2.24, 2.45) is 5.92 Å². The zero-order chi connectivity index (χ0) is 25.2. The number of benzene rings is 3. The average Bonchev–Trinajstić information content (AvgIpc) is 3.66. The van der Waals surface area contributed by atoms with Crippen LogP contribution in [0.5, 0.6) is 11.5 Å². The number of ether oxygens (including phenoxy) is 1. The summed E-state index contributed by atoms with van der Waals surface area (Å²) in [5, 5.41) is 11.2. The molecule has 0 radical (unpaired) electrons. The maximum Gasteiger partial charge on any atom is 0.416 e. The molecule has 3 aromatic carbocycles. The number of hydrogen-bond acceptors (Lipinski definition) is 3. The number of anilines is 1. The van der Waals surface area contributed by atoms with Crippen LogP contribution < -0.4 is 9.64 Å². The normalized spacial score (nSPS) is 14.6. The van der Waals surface area contributed by atoms with Gasteiger partial charge in [-0.05, 0) is 79.3 Å². The number of halogens is 5. The van der Waals surface area contributed by atoms with Crippen LogP contribution in [0.1, 0.15) is 36.5 Å². The molecule has 1 atom stereocenters. The lowest BCUT2D eigenvalue weighted by Gasteiger charge is -2.28. The van der Waals surface area contributed by atoms with Gasteiger partial charge in [0.25, 0.3) is 0 Å². The van der Waals surface area contributed by atoms with Crippen LogP contribution in [0.4, 0.5) is 23.2 Å². The number of aryl methyl sites for hydroxylation is 1. The van der Waals surface area contributed by atoms with Crippen LogP contribution in [0.25, 0.3) is 0 Å². The van der Waals surface area contributed by atoms with Crippen molar-refractivity contribution in [3.63, 3.8) is 0 Å². The third-order valence-electron chi connectivity index (χ3n) is 6.12. The third-order valence-corrected chi connectivity index (χ3v) is 6.49. The van der Waals surface area contributed by atoms with Crippen molar-refractivity contribution in [1.29, 1.82) is 0 Å². The van der Waals surface area contributed by atoms with Gasteiger partial charge in [-0.15, -0.1) is 0 Å². The Morgan fingerprint density at radius 2 is 1.77 bits per heavy atom. The molecule has 3 nitrogen and oxygen atoms in total. The topological polar surface area (TPSA) is 32.7 Å². The van der Waals surface area contributed by atoms with Gasteiger partial charge in [0.05, 0.1) is 11.7 Å². The Kier molecular flexibility index (Phi) is 7.57. The zero-order valence-electron chi connectivity index (χ0n) is 19.2. The van der Waals surface area contributed by atoms with Crippen LogP contribution in [-0.2, 0) is 19.1 Å². The van der Waals surface area contributed by atoms with Gasteiger partial charge >= 0.3 is 6.18 Å². The molecule has 186 valence electrons. The Hall–Kier alpha value is -2.77. The zero-order valence-corrected chi connectivity index (χ0v) is 19.9. The van der Waals surface area contributed by atoms with Crippen molar-refractivity contribution in [3.8, 4) is 11.5 Å². The van der Waals surface area contributed by atoms with Crippen LogP contribution in [-0.4, -0.2) is 17.8 Å². The van der Waals surface area contributed by atoms with Gasteiger partial charge in [-0.2, -0.15) is 13.2 Å². The van der Waals surface area contributed by atoms with E-state index in [0.717, 1.165) is 43.0 Å². The predicted octanol–water partition coefficient (Wildman–Crippen LogP) is 7.63. The quantitative estimate of drug-likeness (QED) is 0.302. The van der Waals surface area contributed by atoms with Gasteiger partial charge in [-0.25, -0.2) is 4.39 Å². The summed E-state index contributed by atoms with van der Waals surface area (Å²) in [6.07, 6.45) is -2.72. The SMILES string of the molecule is CCc1cc(Oc2cccc(N(Cc3cc(C(F)(F)F)ccc3F)CC(O)C3CC3)c2)ccc1Cl. The summed E-state index contributed by atoms with van der Waals surface area (Å²) in [6.45, 7) is 2.01. The van der Waals surface area contributed by atoms with Crippen LogP contribution in [0, 0.1) is 11.7 Å². The van der Waals surface area contributed by atoms with Crippen LogP contribution in [0.3, 0.4) is 0 Å². The summed E-state index contributed by atoms with van der Waals surface area (Å²) in [6, 6.07) is 14.7. The minimum Gasteiger partial charge on any atom is -0.457 e. The molecule has 1 fully saturated rings. The predicted molar refractivity (Wildman–Crippen MR) is 129 cm³/mol. The van der Waals surface area contributed by atoms with Crippen LogP contribution >= 0.6 is 11.6 Å². The summed E-state index contributed by atoms with van der Waals surface area (Å²) in [5.41, 5.74) is 0.529. The maximum absolute atomic E-state index is 14.5. The summed E-state index contributed by atoms with van der Waals surface area (Å²) in [5.74, 6) is 0.508. The summed E-state index contributed by atoms with van der Waals surface area (Å²) in [4.78, 5) is 1.69. The van der Waals surface area contributed by atoms with E-state index < -0.39 is 23.7 Å². The lowest BCUT2D eigenvalue weighted by atomic mass is 10.1. The molecule has 0 spiro atoms. The molecule has 35 heavy (non-hydrogen) atoms. The molecule has 4 rings (SSSR count). The number of rotatable bonds is 9. The van der Waals surface area contributed by atoms with Crippen molar-refractivity contribution < 1.29 is 27.4 Å². The van der Waals surface area contributed by atoms with E-state index in [4.69, 9.17) is 16.3 Å². The molecule has 1 N–H and O–H groups in total. The summed E-state index contributed by atoms with van der Waals surface area (Å²) in [7, 11) is 0. The van der Waals surface area contributed by atoms with E-state index in [1.807, 2.05) is 13.0 Å². The number of aliphatic hydroxyl groups is 1. The second kappa shape index (κ2) is 10.5. The van der Waals surface area contributed by atoms with Gasteiger partial charge in [0.15, 0.2) is 0 Å². The monoisotopic (exact) mass is 507 g/mol. The number of aliphatic hydroxyl groups excluding tert-OH is 1. The molecule has 8 heteroatoms. The number of alkyl halides is 3. The first-order valence-corrected chi connectivity index (χ1v) is 11.9. The lowest BCUT2D eigenvalue weighted by Crippen LogP contribution is -2.33. The highest BCUT2D eigenvalue weighted by atomic mass is 35.5. The maximum atomic E-state index is 14.5. The fourth-order valence-electron chi connectivity index (χ4n) is 3.96. The molecule has 3 aromatic rings. The van der Waals surface area contributed by atoms with E-state index in [1.54, 1.807) is 41.3 Å². The van der Waals surface area contributed by atoms with E-state index >= 15 is 0 Å². The van der Waals surface area contributed by atoms with E-state index in [-0.39, 0.29) is 24.6 Å². The highest BCUT2D eigenvalue weighted by Crippen LogP contribution is 2.36. The first-order valence-electron chi connectivity index (χ1n) is 11.5. The van der Waals surface area contributed by atoms with Crippen molar-refractivity contribution in [3.05, 3.63) is 88.2 Å². The molecular formula is C27H26ClF4NO2. The Bertz CT molecular complexity index is 1180. The summed E-state index contributed by atoms with van der Waals surface area (Å²) >= 11 is 6.19. The fraction of sp³-hybridized carbons (Fsp3) is 0.333. The lowest BCUT2D eigenvalue weighted by molar-refractivity contribution is -0.137. The molecule has 1 aliphatic carbocycles. The van der Waals surface area contributed by atoms with Gasteiger partial charge in [0.1, 0.15) is 17.3 Å². The Morgan fingerprint density at radius 1 is 1.03 bits per heavy atom. The second-order valence-electron chi connectivity index (χ2n) is 8.80. The van der Waals surface area contributed by atoms with Crippen molar-refractivity contribution in [1.82, 2.24) is 0 Å². The first-order chi connectivity index (χ1) is 16.6. The Morgan fingerprint density at radius 3 is 2.46 bits per heavy atom. The third kappa shape index (κ3) is 6.47. The van der Waals surface area contributed by atoms with Gasteiger partial charge in [0.2, 0.25) is 0 Å². The number of nitrogens with zero attached hydrogens (tertiary/aromatic N) is 1. The molecule has 1 unspecified atom stereocenters. The standard InChI is InChI=1S/C27H26ClF4NO2/c1-2-17-13-23(9-10-24(17)28)35-22-5-3-4-21(14-22)33(16-26(34)18-6-7-18)15-19-12-20(27(30,31)32)8-11-25(19)29/h3-5,8-14,18,26,34H,2,6-7,15-16H2,1H3. The number of hydrogen-bond donors (Lipinski definition) is 1. The molecule has 0 aliphatic heterocycles. The van der Waals surface area contributed by atoms with Gasteiger partial charge in [0, 0.05) is 35.4 Å². The molecule has 1 saturated carbocycles. The highest BCUT2D eigenvalue weighted by Gasteiger charge is 2.33. The largest absolute Gasteiger partial charge is 0.457 e. The van der Waals surface area contributed by atoms with E-state index in [2.05, 4.69) is 0 Å². The molecule has 0 heterocycles. The van der Waals surface area contributed by atoms with Gasteiger partial charge in [-0.3, -0.25) is 0 Å². The van der Waals surface area contributed by atoms with E-state index in [0.29, 0.717) is 22.2 Å². The van der Waals surface area contributed by atoms with Crippen LogP contribution in [0.15, 0.2) is 60.7 Å².